The summed E-state index contributed by atoms with van der Waals surface area (Å²) >= 11 is 0.762. The predicted molar refractivity (Wildman–Crippen MR) is 112 cm³/mol. The van der Waals surface area contributed by atoms with Crippen molar-refractivity contribution in [3.05, 3.63) is 17.4 Å². The van der Waals surface area contributed by atoms with Crippen LogP contribution in [0, 0.1) is 12.7 Å². The first-order valence-corrected chi connectivity index (χ1v) is 13.1. The second kappa shape index (κ2) is 10.3. The molecule has 0 bridgehead atoms. The van der Waals surface area contributed by atoms with Gasteiger partial charge in [-0.3, -0.25) is 4.57 Å². The first-order chi connectivity index (χ1) is 14.0. The van der Waals surface area contributed by atoms with Gasteiger partial charge in [-0.15, -0.1) is 11.3 Å². The second-order valence-corrected chi connectivity index (χ2v) is 11.0. The van der Waals surface area contributed by atoms with Gasteiger partial charge in [0, 0.05) is 16.2 Å². The van der Waals surface area contributed by atoms with Crippen LogP contribution in [0.4, 0.5) is 4.39 Å². The van der Waals surface area contributed by atoms with Crippen LogP contribution in [0.15, 0.2) is 10.3 Å². The van der Waals surface area contributed by atoms with E-state index in [9.17, 15) is 13.0 Å². The molecule has 2 rings (SSSR count). The molecule has 0 saturated carbocycles. The van der Waals surface area contributed by atoms with Crippen molar-refractivity contribution in [1.29, 1.82) is 0 Å². The minimum absolute atomic E-state index is 0.0328. The van der Waals surface area contributed by atoms with Gasteiger partial charge < -0.3 is 30.7 Å². The molecule has 0 saturated heterocycles. The van der Waals surface area contributed by atoms with Gasteiger partial charge in [-0.2, -0.15) is 4.72 Å². The van der Waals surface area contributed by atoms with E-state index < -0.39 is 29.7 Å². The van der Waals surface area contributed by atoms with Gasteiger partial charge >= 0.3 is 7.60 Å². The molecule has 0 atom stereocenters. The largest absolute Gasteiger partial charge is 0.489 e. The van der Waals surface area contributed by atoms with E-state index in [2.05, 4.69) is 0 Å². The summed E-state index contributed by atoms with van der Waals surface area (Å²) in [5.74, 6) is -0.822. The predicted octanol–water partition coefficient (Wildman–Crippen LogP) is 1.22. The van der Waals surface area contributed by atoms with Crippen LogP contribution >= 0.6 is 18.9 Å². The Hall–Kier alpha value is -1.31. The quantitative estimate of drug-likeness (QED) is 0.219. The Morgan fingerprint density at radius 3 is 2.37 bits per heavy atom. The molecule has 0 aliphatic heterocycles. The molecular formula is C16H25FN3O7PS2. The normalized spacial score (nSPS) is 12.5. The molecule has 7 N–H and O–H groups in total. The second-order valence-electron chi connectivity index (χ2n) is 6.36. The number of sulfonamides is 1. The van der Waals surface area contributed by atoms with E-state index >= 15 is 4.39 Å². The summed E-state index contributed by atoms with van der Waals surface area (Å²) in [6.45, 7) is 2.49. The smallest absolute Gasteiger partial charge is 0.340 e. The monoisotopic (exact) mass is 485 g/mol. The average Bonchev–Trinajstić information content (AvgIpc) is 3.00. The molecule has 0 amide bonds. The molecule has 0 spiro atoms. The highest BCUT2D eigenvalue weighted by Gasteiger charge is 2.28. The molecular weight excluding hydrogens is 460 g/mol. The SMILES string of the molecule is Cc1c(S(=O)(=O)NCP(=O)(O)O)sc2cc(OCCCN)c(OCCCN)c(F)c12. The molecule has 2 aromatic rings. The molecule has 170 valence electrons. The molecule has 14 heteroatoms. The van der Waals surface area contributed by atoms with E-state index in [1.807, 2.05) is 4.72 Å². The van der Waals surface area contributed by atoms with Gasteiger partial charge in [0.15, 0.2) is 17.3 Å². The zero-order valence-electron chi connectivity index (χ0n) is 16.3. The lowest BCUT2D eigenvalue weighted by atomic mass is 10.1. The number of nitrogens with two attached hydrogens (primary N) is 2. The van der Waals surface area contributed by atoms with Crippen LogP contribution < -0.4 is 25.7 Å². The molecule has 30 heavy (non-hydrogen) atoms. The van der Waals surface area contributed by atoms with E-state index in [1.165, 1.54) is 13.0 Å². The third-order valence-electron chi connectivity index (χ3n) is 3.94. The number of nitrogens with one attached hydrogen (secondary N) is 1. The third kappa shape index (κ3) is 6.11. The number of halogens is 1. The van der Waals surface area contributed by atoms with E-state index in [1.54, 1.807) is 0 Å². The fourth-order valence-electron chi connectivity index (χ4n) is 2.55. The lowest BCUT2D eigenvalue weighted by molar-refractivity contribution is 0.256. The number of thiophene rings is 1. The van der Waals surface area contributed by atoms with Crippen molar-refractivity contribution in [2.24, 2.45) is 11.5 Å². The number of fused-ring (bicyclic) bond motifs is 1. The van der Waals surface area contributed by atoms with Crippen molar-refractivity contribution in [2.45, 2.75) is 24.0 Å². The zero-order valence-corrected chi connectivity index (χ0v) is 18.8. The number of hydrogen-bond donors (Lipinski definition) is 5. The number of ether oxygens (including phenoxy) is 2. The average molecular weight is 485 g/mol. The van der Waals surface area contributed by atoms with Crippen molar-refractivity contribution in [3.63, 3.8) is 0 Å². The topological polar surface area (TPSA) is 174 Å². The Morgan fingerprint density at radius 1 is 1.20 bits per heavy atom. The van der Waals surface area contributed by atoms with Crippen molar-refractivity contribution in [3.8, 4) is 11.5 Å². The summed E-state index contributed by atoms with van der Waals surface area (Å²) < 4.78 is 64.4. The molecule has 0 radical (unpaired) electrons. The minimum Gasteiger partial charge on any atom is -0.489 e. The minimum atomic E-state index is -4.61. The standard InChI is InChI=1S/C16H25FN3O7PS2/c1-10-13-12(29-16(10)30(24,25)20-9-28(21,22)23)8-11(26-6-2-4-18)15(14(13)17)27-7-3-5-19/h8,20H,2-7,9,18-19H2,1H3,(H2,21,22,23). The van der Waals surface area contributed by atoms with Crippen LogP contribution in [0.2, 0.25) is 0 Å². The summed E-state index contributed by atoms with van der Waals surface area (Å²) in [7, 11) is -8.88. The first-order valence-electron chi connectivity index (χ1n) is 8.97. The van der Waals surface area contributed by atoms with Crippen molar-refractivity contribution >= 4 is 39.0 Å². The van der Waals surface area contributed by atoms with Crippen LogP contribution in [0.1, 0.15) is 18.4 Å². The molecule has 1 aromatic heterocycles. The van der Waals surface area contributed by atoms with Crippen molar-refractivity contribution < 1.29 is 36.6 Å². The van der Waals surface area contributed by atoms with Gasteiger partial charge in [-0.25, -0.2) is 12.8 Å². The van der Waals surface area contributed by atoms with Gasteiger partial charge in [-0.1, -0.05) is 0 Å². The highest BCUT2D eigenvalue weighted by Crippen LogP contribution is 2.44. The highest BCUT2D eigenvalue weighted by molar-refractivity contribution is 7.92. The number of hydrogen-bond acceptors (Lipinski definition) is 8. The number of aryl methyl sites for hydroxylation is 1. The summed E-state index contributed by atoms with van der Waals surface area (Å²) in [4.78, 5) is 17.9. The molecule has 10 nitrogen and oxygen atoms in total. The van der Waals surface area contributed by atoms with Crippen LogP contribution in [0.5, 0.6) is 11.5 Å². The number of rotatable bonds is 12. The van der Waals surface area contributed by atoms with Gasteiger partial charge in [0.05, 0.1) is 13.2 Å². The van der Waals surface area contributed by atoms with Crippen LogP contribution in [0.3, 0.4) is 0 Å². The molecule has 1 heterocycles. The Balaban J connectivity index is 2.53. The van der Waals surface area contributed by atoms with E-state index in [4.69, 9.17) is 30.7 Å². The summed E-state index contributed by atoms with van der Waals surface area (Å²) in [5.41, 5.74) is 11.0. The molecule has 0 unspecified atom stereocenters. The Labute approximate surface area is 177 Å². The van der Waals surface area contributed by atoms with Gasteiger partial charge in [0.1, 0.15) is 10.5 Å². The Bertz CT molecular complexity index is 1040. The maximum absolute atomic E-state index is 15.3. The molecule has 1 aromatic carbocycles. The maximum Gasteiger partial charge on any atom is 0.340 e. The summed E-state index contributed by atoms with van der Waals surface area (Å²) in [6, 6.07) is 1.48. The fourth-order valence-corrected chi connectivity index (χ4v) is 6.39. The van der Waals surface area contributed by atoms with E-state index in [0.717, 1.165) is 11.3 Å². The molecule has 0 aliphatic rings. The van der Waals surface area contributed by atoms with Crippen LogP contribution in [-0.4, -0.2) is 50.8 Å². The summed E-state index contributed by atoms with van der Waals surface area (Å²) in [6.07, 6.45) is -0.0576. The Morgan fingerprint density at radius 2 is 1.80 bits per heavy atom. The van der Waals surface area contributed by atoms with Gasteiger partial charge in [0.2, 0.25) is 0 Å². The summed E-state index contributed by atoms with van der Waals surface area (Å²) in [5, 5.41) is 0.0328. The van der Waals surface area contributed by atoms with Gasteiger partial charge in [-0.05, 0) is 38.4 Å². The fraction of sp³-hybridized carbons (Fsp3) is 0.500. The van der Waals surface area contributed by atoms with Crippen LogP contribution in [0.25, 0.3) is 10.1 Å². The Kier molecular flexibility index (Phi) is 8.60. The van der Waals surface area contributed by atoms with Crippen LogP contribution in [-0.2, 0) is 14.6 Å². The lowest BCUT2D eigenvalue weighted by Crippen LogP contribution is -2.24. The third-order valence-corrected chi connectivity index (χ3v) is 7.98. The van der Waals surface area contributed by atoms with Crippen molar-refractivity contribution in [1.82, 2.24) is 4.72 Å². The first kappa shape index (κ1) is 25.0. The zero-order chi connectivity index (χ0) is 22.5. The molecule has 0 fully saturated rings. The van der Waals surface area contributed by atoms with Gasteiger partial charge in [0.25, 0.3) is 10.0 Å². The number of benzene rings is 1. The van der Waals surface area contributed by atoms with E-state index in [-0.39, 0.29) is 44.6 Å². The van der Waals surface area contributed by atoms with Crippen molar-refractivity contribution in [2.75, 3.05) is 32.6 Å². The lowest BCUT2D eigenvalue weighted by Gasteiger charge is -2.14. The maximum atomic E-state index is 15.3. The highest BCUT2D eigenvalue weighted by atomic mass is 32.2. The van der Waals surface area contributed by atoms with E-state index in [0.29, 0.717) is 25.9 Å². The molecule has 0 aliphatic carbocycles.